The van der Waals surface area contributed by atoms with E-state index >= 15 is 0 Å². The molecule has 6 heteroatoms. The van der Waals surface area contributed by atoms with E-state index in [4.69, 9.17) is 14.2 Å². The van der Waals surface area contributed by atoms with E-state index in [0.717, 1.165) is 36.8 Å². The number of rotatable bonds is 13. The summed E-state index contributed by atoms with van der Waals surface area (Å²) in [7, 11) is 1.57. The average Bonchev–Trinajstić information content (AvgIpc) is 2.96. The number of carboxylic acid groups (broad SMARTS) is 1. The Labute approximate surface area is 230 Å². The van der Waals surface area contributed by atoms with E-state index in [1.807, 2.05) is 42.5 Å². The molecule has 0 unspecified atom stereocenters. The van der Waals surface area contributed by atoms with Crippen molar-refractivity contribution < 1.29 is 28.5 Å². The number of benzene rings is 3. The molecule has 0 amide bonds. The van der Waals surface area contributed by atoms with Gasteiger partial charge in [0.1, 0.15) is 29.7 Å². The van der Waals surface area contributed by atoms with Gasteiger partial charge in [-0.3, -0.25) is 4.79 Å². The van der Waals surface area contributed by atoms with Crippen molar-refractivity contribution in [2.24, 2.45) is 5.92 Å². The molecule has 0 aromatic heterocycles. The number of carbonyl (C=O) groups is 1. The van der Waals surface area contributed by atoms with Gasteiger partial charge >= 0.3 is 5.97 Å². The van der Waals surface area contributed by atoms with E-state index < -0.39 is 5.97 Å². The molecule has 1 aliphatic rings. The van der Waals surface area contributed by atoms with Crippen molar-refractivity contribution in [1.82, 2.24) is 0 Å². The van der Waals surface area contributed by atoms with E-state index in [9.17, 15) is 14.3 Å². The highest BCUT2D eigenvalue weighted by atomic mass is 19.1. The molecule has 3 aromatic rings. The third-order valence-electron chi connectivity index (χ3n) is 7.50. The summed E-state index contributed by atoms with van der Waals surface area (Å²) in [5.41, 5.74) is 3.00. The third kappa shape index (κ3) is 7.98. The average molecular weight is 535 g/mol. The molecule has 0 radical (unpaired) electrons. The van der Waals surface area contributed by atoms with E-state index in [-0.39, 0.29) is 18.2 Å². The van der Waals surface area contributed by atoms with Crippen LogP contribution in [0.3, 0.4) is 0 Å². The molecular formula is C33H39FO5. The Balaban J connectivity index is 1.55. The lowest BCUT2D eigenvalue weighted by atomic mass is 9.90. The van der Waals surface area contributed by atoms with Crippen LogP contribution < -0.4 is 14.2 Å². The summed E-state index contributed by atoms with van der Waals surface area (Å²) in [6.07, 6.45) is 7.86. The number of aliphatic carboxylic acids is 1. The van der Waals surface area contributed by atoms with Crippen LogP contribution in [0.1, 0.15) is 75.3 Å². The predicted octanol–water partition coefficient (Wildman–Crippen LogP) is 8.40. The summed E-state index contributed by atoms with van der Waals surface area (Å²) in [5, 5.41) is 9.32. The van der Waals surface area contributed by atoms with Crippen molar-refractivity contribution in [3.63, 3.8) is 0 Å². The van der Waals surface area contributed by atoms with Crippen LogP contribution in [0.15, 0.2) is 60.7 Å². The standard InChI is InChI=1S/C33H39FO5/c1-3-8-25(19-33(35)36)26-11-7-12-28(18-26)38-22-24-13-15-29(30-20-27(37-2)14-16-31(30)34)32(17-24)39-21-23-9-5-4-6-10-23/h7,11-18,20,23,25H,3-6,8-10,19,21-22H2,1-2H3,(H,35,36)/t25-/m1/s1. The number of halogens is 1. The Bertz CT molecular complexity index is 1230. The van der Waals surface area contributed by atoms with Gasteiger partial charge in [0.2, 0.25) is 0 Å². The molecule has 5 nitrogen and oxygen atoms in total. The predicted molar refractivity (Wildman–Crippen MR) is 151 cm³/mol. The number of hydrogen-bond donors (Lipinski definition) is 1. The highest BCUT2D eigenvalue weighted by molar-refractivity contribution is 5.72. The maximum Gasteiger partial charge on any atom is 0.303 e. The summed E-state index contributed by atoms with van der Waals surface area (Å²) in [5.74, 6) is 1.23. The zero-order valence-electron chi connectivity index (χ0n) is 23.0. The Morgan fingerprint density at radius 2 is 1.79 bits per heavy atom. The molecule has 0 heterocycles. The maximum atomic E-state index is 14.9. The Morgan fingerprint density at radius 3 is 2.54 bits per heavy atom. The first-order chi connectivity index (χ1) is 19.0. The van der Waals surface area contributed by atoms with Gasteiger partial charge < -0.3 is 19.3 Å². The van der Waals surface area contributed by atoms with Crippen molar-refractivity contribution in [2.45, 2.75) is 70.8 Å². The van der Waals surface area contributed by atoms with Gasteiger partial charge in [0.25, 0.3) is 0 Å². The van der Waals surface area contributed by atoms with Crippen LogP contribution in [0.5, 0.6) is 17.2 Å². The van der Waals surface area contributed by atoms with E-state index in [2.05, 4.69) is 6.92 Å². The van der Waals surface area contributed by atoms with Crippen molar-refractivity contribution in [1.29, 1.82) is 0 Å². The quantitative estimate of drug-likeness (QED) is 0.239. The first-order valence-electron chi connectivity index (χ1n) is 14.0. The summed E-state index contributed by atoms with van der Waals surface area (Å²) in [6, 6.07) is 18.2. The third-order valence-corrected chi connectivity index (χ3v) is 7.50. The largest absolute Gasteiger partial charge is 0.497 e. The normalized spacial score (nSPS) is 14.5. The molecule has 4 rings (SSSR count). The molecule has 208 valence electrons. The van der Waals surface area contributed by atoms with Crippen molar-refractivity contribution in [3.8, 4) is 28.4 Å². The van der Waals surface area contributed by atoms with E-state index in [0.29, 0.717) is 47.5 Å². The zero-order chi connectivity index (χ0) is 27.6. The molecule has 0 bridgehead atoms. The lowest BCUT2D eigenvalue weighted by Crippen LogP contribution is -2.15. The minimum Gasteiger partial charge on any atom is -0.497 e. The number of carboxylic acids is 1. The minimum atomic E-state index is -0.798. The smallest absolute Gasteiger partial charge is 0.303 e. The highest BCUT2D eigenvalue weighted by Crippen LogP contribution is 2.36. The Morgan fingerprint density at radius 1 is 0.974 bits per heavy atom. The first-order valence-corrected chi connectivity index (χ1v) is 14.0. The fraction of sp³-hybridized carbons (Fsp3) is 0.424. The lowest BCUT2D eigenvalue weighted by Gasteiger charge is -2.23. The van der Waals surface area contributed by atoms with Crippen molar-refractivity contribution in [3.05, 3.63) is 77.6 Å². The first kappa shape index (κ1) is 28.5. The summed E-state index contributed by atoms with van der Waals surface area (Å²) in [4.78, 5) is 11.4. The molecule has 0 saturated heterocycles. The van der Waals surface area contributed by atoms with E-state index in [1.54, 1.807) is 19.2 Å². The number of hydrogen-bond acceptors (Lipinski definition) is 4. The van der Waals surface area contributed by atoms with Gasteiger partial charge in [0.05, 0.1) is 20.1 Å². The van der Waals surface area contributed by atoms with Gasteiger partial charge in [-0.25, -0.2) is 4.39 Å². The molecule has 0 aliphatic heterocycles. The van der Waals surface area contributed by atoms with Crippen molar-refractivity contribution in [2.75, 3.05) is 13.7 Å². The van der Waals surface area contributed by atoms with Crippen molar-refractivity contribution >= 4 is 5.97 Å². The van der Waals surface area contributed by atoms with Crippen LogP contribution in [0.2, 0.25) is 0 Å². The molecular weight excluding hydrogens is 495 g/mol. The fourth-order valence-corrected chi connectivity index (χ4v) is 5.37. The number of methoxy groups -OCH3 is 1. The second kappa shape index (κ2) is 14.0. The number of ether oxygens (including phenoxy) is 3. The van der Waals surface area contributed by atoms with Gasteiger partial charge in [-0.05, 0) is 78.6 Å². The second-order valence-electron chi connectivity index (χ2n) is 10.4. The van der Waals surface area contributed by atoms with Crippen LogP contribution in [-0.2, 0) is 11.4 Å². The zero-order valence-corrected chi connectivity index (χ0v) is 23.0. The highest BCUT2D eigenvalue weighted by Gasteiger charge is 2.18. The maximum absolute atomic E-state index is 14.9. The lowest BCUT2D eigenvalue weighted by molar-refractivity contribution is -0.137. The molecule has 1 fully saturated rings. The second-order valence-corrected chi connectivity index (χ2v) is 10.4. The van der Waals surface area contributed by atoms with Gasteiger partial charge in [-0.15, -0.1) is 0 Å². The minimum absolute atomic E-state index is 0.0483. The van der Waals surface area contributed by atoms with Gasteiger partial charge in [-0.2, -0.15) is 0 Å². The van der Waals surface area contributed by atoms with Crippen LogP contribution in [-0.4, -0.2) is 24.8 Å². The molecule has 0 spiro atoms. The monoisotopic (exact) mass is 534 g/mol. The summed E-state index contributed by atoms with van der Waals surface area (Å²) < 4.78 is 32.7. The topological polar surface area (TPSA) is 65.0 Å². The van der Waals surface area contributed by atoms with Gasteiger partial charge in [-0.1, -0.05) is 56.9 Å². The molecule has 1 atom stereocenters. The van der Waals surface area contributed by atoms with Gasteiger partial charge in [0.15, 0.2) is 0 Å². The van der Waals surface area contributed by atoms with Crippen LogP contribution in [0, 0.1) is 11.7 Å². The Hall–Kier alpha value is -3.54. The summed E-state index contributed by atoms with van der Waals surface area (Å²) >= 11 is 0. The molecule has 39 heavy (non-hydrogen) atoms. The molecule has 1 saturated carbocycles. The molecule has 1 N–H and O–H groups in total. The van der Waals surface area contributed by atoms with Crippen LogP contribution >= 0.6 is 0 Å². The Kier molecular flexibility index (Phi) is 10.2. The van der Waals surface area contributed by atoms with Gasteiger partial charge in [0, 0.05) is 11.1 Å². The fourth-order valence-electron chi connectivity index (χ4n) is 5.37. The van der Waals surface area contributed by atoms with Crippen LogP contribution in [0.25, 0.3) is 11.1 Å². The van der Waals surface area contributed by atoms with Crippen LogP contribution in [0.4, 0.5) is 4.39 Å². The molecule has 3 aromatic carbocycles. The van der Waals surface area contributed by atoms with E-state index in [1.165, 1.54) is 25.3 Å². The summed E-state index contributed by atoms with van der Waals surface area (Å²) in [6.45, 7) is 2.97. The molecule has 1 aliphatic carbocycles. The SMILES string of the molecule is CCC[C@H](CC(=O)O)c1cccc(OCc2ccc(-c3cc(OC)ccc3F)c(OCC3CCCCC3)c2)c1.